The summed E-state index contributed by atoms with van der Waals surface area (Å²) in [5.74, 6) is 2.51. The third-order valence-electron chi connectivity index (χ3n) is 21.0. The van der Waals surface area contributed by atoms with E-state index in [2.05, 4.69) is 91.3 Å². The molecular formula is C83H108ClN21O8+4. The van der Waals surface area contributed by atoms with E-state index in [-0.39, 0.29) is 80.9 Å². The van der Waals surface area contributed by atoms with E-state index >= 15 is 0 Å². The summed E-state index contributed by atoms with van der Waals surface area (Å²) in [5, 5.41) is 52.4. The fourth-order valence-corrected chi connectivity index (χ4v) is 13.9. The number of allylic oxidation sites excluding steroid dienone is 11. The molecule has 8 aromatic heterocycles. The number of pyridine rings is 4. The number of carbonyl (C=O) groups excluding carboxylic acids is 4. The summed E-state index contributed by atoms with van der Waals surface area (Å²) in [6.45, 7) is 18.2. The maximum Gasteiger partial charge on any atom is 0.207 e. The van der Waals surface area contributed by atoms with Gasteiger partial charge in [-0.1, -0.05) is 65.6 Å². The van der Waals surface area contributed by atoms with Gasteiger partial charge in [-0.25, -0.2) is 38.0 Å². The van der Waals surface area contributed by atoms with Gasteiger partial charge in [0.15, 0.2) is 34.8 Å². The average Bonchev–Trinajstić information content (AvgIpc) is 1.66. The van der Waals surface area contributed by atoms with Gasteiger partial charge in [-0.2, -0.15) is 0 Å². The van der Waals surface area contributed by atoms with Crippen LogP contribution in [0.5, 0.6) is 0 Å². The number of aromatic nitrogens is 8. The standard InChI is InChI=1S/C21H24N6O2.C20H23N5O2.C19H20ClN5O2.C19H21N5O2.4CH4/c1-27(2)10-8-25(9-11-27)21-20(17-5-3-4-7-26(17)24-21)23-15-14-19-16(13-18(15)28)22-6-12-29-19;1-14-17(26)8-7-15(19(14)27)21-18-16-6-4-5-9-24(16)22-20(18)23-10-12-25(2,3)13-11-23;1-25(2)9-7-23(8-10-25)19-18(15-5-3-4-6-24(15)22-19)21-14-11-13(20)16(26)12-17(14)27;1-24(2)11-9-22(10-12-24)19-18(16-5-3-4-8-23(16)21-19)20-15-7-6-14(25)13-17(15)26;;;;/h3-5,7,13-14H,6,8-12H2,1-2H3;4-9H,10-13H2,1-3H3;3-6,11-12H,7-10H2,1-2H3;3-8,13H,9-12H2,1-2H3;4*1H4/p+4. The van der Waals surface area contributed by atoms with Crippen molar-refractivity contribution < 1.29 is 57.2 Å². The quantitative estimate of drug-likeness (QED) is 0.0625. The first-order chi connectivity index (χ1) is 52.1. The molecule has 596 valence electrons. The Bertz CT molecular complexity index is 5360. The van der Waals surface area contributed by atoms with E-state index in [4.69, 9.17) is 46.7 Å². The summed E-state index contributed by atoms with van der Waals surface area (Å²) in [6, 6.07) is 23.3. The zero-order valence-corrected chi connectivity index (χ0v) is 63.6. The fraction of sp³-hybridized carbons (Fsp3) is 0.373. The maximum atomic E-state index is 12.7. The van der Waals surface area contributed by atoms with Crippen LogP contribution in [0.1, 0.15) is 36.6 Å². The molecule has 5 aliphatic heterocycles. The smallest absolute Gasteiger partial charge is 0.207 e. The number of carbonyl (C=O) groups is 4. The van der Waals surface area contributed by atoms with Crippen LogP contribution in [0.2, 0.25) is 0 Å². The second kappa shape index (κ2) is 34.1. The van der Waals surface area contributed by atoms with Crippen molar-refractivity contribution in [1.82, 2.24) is 43.8 Å². The Morgan fingerprint density at radius 1 is 0.416 bits per heavy atom. The molecule has 4 N–H and O–H groups in total. The van der Waals surface area contributed by atoms with Crippen molar-refractivity contribution in [1.29, 1.82) is 0 Å². The van der Waals surface area contributed by atoms with Crippen molar-refractivity contribution in [3.05, 3.63) is 192 Å². The third-order valence-corrected chi connectivity index (χ3v) is 21.3. The molecule has 8 aromatic rings. The van der Waals surface area contributed by atoms with Gasteiger partial charge in [0.05, 0.1) is 194 Å². The van der Waals surface area contributed by atoms with Gasteiger partial charge < -0.3 is 62.9 Å². The number of anilines is 4. The van der Waals surface area contributed by atoms with Gasteiger partial charge in [-0.3, -0.25) is 19.2 Å². The zero-order valence-electron chi connectivity index (χ0n) is 62.9. The number of aliphatic hydroxyl groups is 3. The number of nitrogens with zero attached hydrogens (tertiary/aromatic N) is 20. The third kappa shape index (κ3) is 18.5. The minimum atomic E-state index is -0.380. The molecule has 5 saturated heterocycles. The highest BCUT2D eigenvalue weighted by Crippen LogP contribution is 2.40. The van der Waals surface area contributed by atoms with E-state index in [9.17, 15) is 34.5 Å². The number of likely N-dealkylation sites (N-methyl/N-ethyl adjacent to an activating group) is 4. The van der Waals surface area contributed by atoms with Crippen LogP contribution in [0.3, 0.4) is 0 Å². The fourth-order valence-electron chi connectivity index (χ4n) is 13.7. The van der Waals surface area contributed by atoms with Crippen LogP contribution < -0.4 is 24.9 Å². The number of ketones is 4. The Hall–Kier alpha value is -11.6. The molecule has 113 heavy (non-hydrogen) atoms. The van der Waals surface area contributed by atoms with Crippen molar-refractivity contribution in [3.63, 3.8) is 0 Å². The number of piperazine rings is 4. The molecule has 4 aliphatic carbocycles. The van der Waals surface area contributed by atoms with Crippen LogP contribution in [0.15, 0.2) is 212 Å². The monoisotopic (exact) mass is 1560 g/mol. The normalized spacial score (nSPS) is 21.0. The predicted octanol–water partition coefficient (Wildman–Crippen LogP) is 10.4. The first-order valence-electron chi connectivity index (χ1n) is 36.6. The van der Waals surface area contributed by atoms with Crippen molar-refractivity contribution in [2.45, 2.75) is 36.6 Å². The number of fused-ring (bicyclic) bond motifs is 5. The number of rotatable bonds is 8. The molecule has 0 atom stereocenters. The van der Waals surface area contributed by atoms with Gasteiger partial charge in [0, 0.05) is 61.2 Å². The molecule has 0 bridgehead atoms. The lowest BCUT2D eigenvalue weighted by molar-refractivity contribution is -0.890. The Kier molecular flexibility index (Phi) is 25.3. The topological polar surface area (TPSA) is 282 Å². The lowest BCUT2D eigenvalue weighted by Crippen LogP contribution is -2.55. The second-order valence-corrected chi connectivity index (χ2v) is 31.2. The number of nitrogens with one attached hydrogen (secondary N) is 1. The van der Waals surface area contributed by atoms with Gasteiger partial charge in [0.1, 0.15) is 75.2 Å². The molecule has 5 fully saturated rings. The molecule has 0 radical (unpaired) electrons. The number of aliphatic hydroxyl groups excluding tert-OH is 3. The SMILES string of the molecule is C.C.C.C.CC1=C(O)C(=Nc2c(N3CC[N+](C)(C)CC3)nn3ccccc23)C=CC1=O.C[N+]1(C)CCN(c2nn3ccccc3c2N=C2C=C(Cl)C(O)=CC2=O)CC1.C[N+]1(C)CCN(c2nn3ccccc3c2N=C2C=C3OCCNC3=CC2=O)CC1.C[N+]1(C)CCN(c2nn3ccccc3c2N=C2C=CC(=O)C=C2O)CC1. The summed E-state index contributed by atoms with van der Waals surface area (Å²) in [5.41, 5.74) is 8.62. The number of ether oxygens (including phenoxy) is 1. The minimum absolute atomic E-state index is 0. The molecule has 0 unspecified atom stereocenters. The van der Waals surface area contributed by atoms with Crippen LogP contribution in [0.4, 0.5) is 46.0 Å². The summed E-state index contributed by atoms with van der Waals surface area (Å²) < 4.78 is 16.9. The van der Waals surface area contributed by atoms with Gasteiger partial charge in [-0.15, -0.1) is 20.4 Å². The summed E-state index contributed by atoms with van der Waals surface area (Å²) in [7, 11) is 17.9. The highest BCUT2D eigenvalue weighted by Gasteiger charge is 2.35. The average molecular weight is 1560 g/mol. The van der Waals surface area contributed by atoms with E-state index in [1.165, 1.54) is 24.3 Å². The van der Waals surface area contributed by atoms with Crippen LogP contribution in [-0.2, 0) is 23.9 Å². The largest absolute Gasteiger partial charge is 0.506 e. The van der Waals surface area contributed by atoms with Crippen molar-refractivity contribution >= 4 is 126 Å². The van der Waals surface area contributed by atoms with Crippen molar-refractivity contribution in [2.24, 2.45) is 20.0 Å². The number of hydrogen-bond acceptors (Lipinski definition) is 21. The first kappa shape index (κ1) is 83.8. The molecule has 29 nitrogen and oxygen atoms in total. The van der Waals surface area contributed by atoms with E-state index in [1.807, 2.05) is 111 Å². The molecular weight excluding hydrogens is 1450 g/mol. The number of morpholine rings is 1. The lowest BCUT2D eigenvalue weighted by atomic mass is 10.0. The van der Waals surface area contributed by atoms with Gasteiger partial charge in [-0.05, 0) is 85.8 Å². The molecule has 0 saturated carbocycles. The molecule has 9 aliphatic rings. The Morgan fingerprint density at radius 2 is 0.761 bits per heavy atom. The second-order valence-electron chi connectivity index (χ2n) is 30.8. The van der Waals surface area contributed by atoms with Crippen molar-refractivity contribution in [3.8, 4) is 0 Å². The number of aliphatic imine (C=N–C) groups is 4. The van der Waals surface area contributed by atoms with Crippen LogP contribution in [0.25, 0.3) is 22.1 Å². The summed E-state index contributed by atoms with van der Waals surface area (Å²) in [4.78, 5) is 75.9. The first-order valence-corrected chi connectivity index (χ1v) is 37.0. The summed E-state index contributed by atoms with van der Waals surface area (Å²) in [6.07, 6.45) is 20.5. The molecule has 17 rings (SSSR count). The van der Waals surface area contributed by atoms with Crippen LogP contribution >= 0.6 is 11.6 Å². The van der Waals surface area contributed by atoms with Gasteiger partial charge >= 0.3 is 0 Å². The number of quaternary nitrogens is 4. The van der Waals surface area contributed by atoms with Crippen LogP contribution in [-0.4, -0.2) is 292 Å². The zero-order chi connectivity index (χ0) is 76.7. The molecule has 0 spiro atoms. The molecule has 13 heterocycles. The molecule has 30 heteroatoms. The van der Waals surface area contributed by atoms with E-state index < -0.39 is 0 Å². The predicted molar refractivity (Wildman–Crippen MR) is 451 cm³/mol. The maximum absolute atomic E-state index is 12.7. The van der Waals surface area contributed by atoms with E-state index in [0.717, 1.165) is 191 Å². The van der Waals surface area contributed by atoms with Gasteiger partial charge in [0.2, 0.25) is 11.6 Å². The lowest BCUT2D eigenvalue weighted by Gasteiger charge is -2.39. The van der Waals surface area contributed by atoms with E-state index in [1.54, 1.807) is 35.7 Å². The summed E-state index contributed by atoms with van der Waals surface area (Å²) >= 11 is 5.98. The van der Waals surface area contributed by atoms with E-state index in [0.29, 0.717) is 53.0 Å². The molecule has 0 amide bonds. The number of hydrogen-bond donors (Lipinski definition) is 4. The van der Waals surface area contributed by atoms with Crippen molar-refractivity contribution in [2.75, 3.05) is 194 Å². The Morgan fingerprint density at radius 3 is 1.14 bits per heavy atom. The highest BCUT2D eigenvalue weighted by atomic mass is 35.5. The minimum Gasteiger partial charge on any atom is -0.506 e. The van der Waals surface area contributed by atoms with Crippen LogP contribution in [0, 0.1) is 0 Å². The highest BCUT2D eigenvalue weighted by molar-refractivity contribution is 6.52. The van der Waals surface area contributed by atoms with Gasteiger partial charge in [0.25, 0.3) is 0 Å². The number of halogens is 1. The Labute approximate surface area is 665 Å². The Balaban J connectivity index is 0.000000158. The molecule has 0 aromatic carbocycles.